The number of rotatable bonds is 3. The van der Waals surface area contributed by atoms with Crippen LogP contribution in [0.2, 0.25) is 0 Å². The van der Waals surface area contributed by atoms with Gasteiger partial charge < -0.3 is 14.8 Å². The second-order valence-corrected chi connectivity index (χ2v) is 1.60. The zero-order valence-electron chi connectivity index (χ0n) is 4.81. The lowest BCUT2D eigenvalue weighted by molar-refractivity contribution is -0.818. The lowest BCUT2D eigenvalue weighted by Crippen LogP contribution is -3.05. The minimum atomic E-state index is -1.05. The fourth-order valence-electron chi connectivity index (χ4n) is 0.300. The maximum Gasteiger partial charge on any atom is 0.121 e. The molecule has 0 aliphatic rings. The van der Waals surface area contributed by atoms with Gasteiger partial charge in [-0.3, -0.25) is 0 Å². The van der Waals surface area contributed by atoms with Gasteiger partial charge in [0.25, 0.3) is 0 Å². The number of carbonyl (C=O) groups excluding carboxylic acids is 1. The Hall–Kier alpha value is -0.830. The van der Waals surface area contributed by atoms with E-state index in [1.54, 1.807) is 7.05 Å². The minimum Gasteiger partial charge on any atom is -0.544 e. The van der Waals surface area contributed by atoms with Gasteiger partial charge in [0.1, 0.15) is 6.54 Å². The summed E-state index contributed by atoms with van der Waals surface area (Å²) in [6.07, 6.45) is 1.51. The molecule has 0 spiro atoms. The maximum atomic E-state index is 9.79. The fraction of sp³-hybridized carbons (Fsp3) is 0.400. The average Bonchev–Trinajstić information content (AvgIpc) is 1.65. The molecule has 0 aliphatic heterocycles. The summed E-state index contributed by atoms with van der Waals surface area (Å²) in [7, 11) is 1.70. The van der Waals surface area contributed by atoms with Crippen LogP contribution in [0.25, 0.3) is 0 Å². The van der Waals surface area contributed by atoms with Crippen molar-refractivity contribution in [3.05, 3.63) is 12.8 Å². The van der Waals surface area contributed by atoms with E-state index in [1.807, 2.05) is 0 Å². The van der Waals surface area contributed by atoms with Gasteiger partial charge in [0.15, 0.2) is 0 Å². The lowest BCUT2D eigenvalue weighted by atomic mass is 10.6. The van der Waals surface area contributed by atoms with Crippen molar-refractivity contribution < 1.29 is 14.8 Å². The number of hydrogen-bond donors (Lipinski definition) is 1. The van der Waals surface area contributed by atoms with Gasteiger partial charge in [0.05, 0.1) is 19.2 Å². The van der Waals surface area contributed by atoms with E-state index < -0.39 is 5.97 Å². The lowest BCUT2D eigenvalue weighted by Gasteiger charge is -2.06. The molecule has 0 aromatic carbocycles. The highest BCUT2D eigenvalue weighted by Crippen LogP contribution is 1.42. The molecule has 0 aromatic heterocycles. The molecule has 0 bridgehead atoms. The van der Waals surface area contributed by atoms with Crippen molar-refractivity contribution >= 4 is 5.97 Å². The number of quaternary nitrogens is 1. The summed E-state index contributed by atoms with van der Waals surface area (Å²) in [5, 5.41) is 9.79. The number of likely N-dealkylation sites (N-methyl/N-ethyl adjacent to an activating group) is 1. The Morgan fingerprint density at radius 2 is 2.50 bits per heavy atom. The first kappa shape index (κ1) is 7.17. The molecule has 46 valence electrons. The van der Waals surface area contributed by atoms with Gasteiger partial charge >= 0.3 is 0 Å². The van der Waals surface area contributed by atoms with Gasteiger partial charge in [0.2, 0.25) is 0 Å². The molecule has 1 N–H and O–H groups in total. The van der Waals surface area contributed by atoms with E-state index in [1.165, 1.54) is 6.20 Å². The molecule has 0 aliphatic carbocycles. The highest BCUT2D eigenvalue weighted by molar-refractivity contribution is 5.65. The van der Waals surface area contributed by atoms with Gasteiger partial charge in [-0.05, 0) is 6.58 Å². The van der Waals surface area contributed by atoms with Gasteiger partial charge in [-0.15, -0.1) is 0 Å². The Labute approximate surface area is 48.2 Å². The van der Waals surface area contributed by atoms with Crippen LogP contribution >= 0.6 is 0 Å². The summed E-state index contributed by atoms with van der Waals surface area (Å²) in [5.41, 5.74) is 0. The second-order valence-electron chi connectivity index (χ2n) is 1.60. The molecule has 0 amide bonds. The van der Waals surface area contributed by atoms with E-state index >= 15 is 0 Å². The molecule has 1 unspecified atom stereocenters. The summed E-state index contributed by atoms with van der Waals surface area (Å²) in [5.74, 6) is -1.05. The number of carboxylic acids is 1. The van der Waals surface area contributed by atoms with Crippen molar-refractivity contribution in [1.29, 1.82) is 0 Å². The van der Waals surface area contributed by atoms with Crippen molar-refractivity contribution in [2.24, 2.45) is 0 Å². The van der Waals surface area contributed by atoms with Crippen LogP contribution in [0, 0.1) is 0 Å². The average molecular weight is 115 g/mol. The Morgan fingerprint density at radius 3 is 2.62 bits per heavy atom. The Kier molecular flexibility index (Phi) is 2.88. The normalized spacial score (nSPS) is 12.6. The van der Waals surface area contributed by atoms with E-state index in [0.717, 1.165) is 4.90 Å². The van der Waals surface area contributed by atoms with Crippen molar-refractivity contribution in [1.82, 2.24) is 0 Å². The summed E-state index contributed by atoms with van der Waals surface area (Å²) >= 11 is 0. The number of carboxylic acid groups (broad SMARTS) is 1. The standard InChI is InChI=1S/C5H9NO2/c1-3-6(2)4-5(7)8/h3H,1,4H2,2H3,(H,7,8). The number of nitrogens with one attached hydrogen (secondary N) is 1. The highest BCUT2D eigenvalue weighted by atomic mass is 16.4. The minimum absolute atomic E-state index is 0.0104. The second kappa shape index (κ2) is 3.21. The molecule has 0 heterocycles. The van der Waals surface area contributed by atoms with Gasteiger partial charge in [-0.1, -0.05) is 0 Å². The predicted molar refractivity (Wildman–Crippen MR) is 27.0 cm³/mol. The molecular formula is C5H9NO2. The van der Waals surface area contributed by atoms with Crippen LogP contribution in [0.4, 0.5) is 0 Å². The number of aliphatic carboxylic acids is 1. The van der Waals surface area contributed by atoms with E-state index in [-0.39, 0.29) is 6.54 Å². The highest BCUT2D eigenvalue weighted by Gasteiger charge is 1.92. The predicted octanol–water partition coefficient (Wildman–Crippen LogP) is -2.61. The Balaban J connectivity index is 3.38. The monoisotopic (exact) mass is 115 g/mol. The molecule has 8 heavy (non-hydrogen) atoms. The Morgan fingerprint density at radius 1 is 2.00 bits per heavy atom. The molecule has 0 fully saturated rings. The first-order chi connectivity index (χ1) is 3.66. The summed E-state index contributed by atoms with van der Waals surface area (Å²) in [4.78, 5) is 10.5. The fourth-order valence-corrected chi connectivity index (χ4v) is 0.300. The molecular weight excluding hydrogens is 106 g/mol. The first-order valence-electron chi connectivity index (χ1n) is 2.31. The molecule has 0 rings (SSSR count). The van der Waals surface area contributed by atoms with Crippen LogP contribution in [0.3, 0.4) is 0 Å². The summed E-state index contributed by atoms with van der Waals surface area (Å²) in [6.45, 7) is 3.38. The molecule has 0 aromatic rings. The number of carbonyl (C=O) groups is 1. The third kappa shape index (κ3) is 3.36. The molecule has 1 atom stereocenters. The van der Waals surface area contributed by atoms with Crippen molar-refractivity contribution in [2.45, 2.75) is 0 Å². The molecule has 3 heteroatoms. The quantitative estimate of drug-likeness (QED) is 0.438. The first-order valence-corrected chi connectivity index (χ1v) is 2.31. The van der Waals surface area contributed by atoms with Crippen molar-refractivity contribution in [3.63, 3.8) is 0 Å². The van der Waals surface area contributed by atoms with Crippen LogP contribution in [-0.4, -0.2) is 19.6 Å². The topological polar surface area (TPSA) is 44.6 Å². The van der Waals surface area contributed by atoms with E-state index in [9.17, 15) is 9.90 Å². The summed E-state index contributed by atoms with van der Waals surface area (Å²) in [6, 6.07) is 0. The largest absolute Gasteiger partial charge is 0.544 e. The molecule has 0 saturated carbocycles. The van der Waals surface area contributed by atoms with Crippen LogP contribution in [0.5, 0.6) is 0 Å². The van der Waals surface area contributed by atoms with Gasteiger partial charge in [-0.2, -0.15) is 0 Å². The van der Waals surface area contributed by atoms with Crippen molar-refractivity contribution in [2.75, 3.05) is 13.6 Å². The van der Waals surface area contributed by atoms with Crippen LogP contribution in [-0.2, 0) is 4.79 Å². The third-order valence-electron chi connectivity index (χ3n) is 0.772. The molecule has 0 saturated heterocycles. The maximum absolute atomic E-state index is 9.79. The molecule has 3 nitrogen and oxygen atoms in total. The smallest absolute Gasteiger partial charge is 0.121 e. The Bertz CT molecular complexity index is 101. The van der Waals surface area contributed by atoms with E-state index in [4.69, 9.17) is 0 Å². The van der Waals surface area contributed by atoms with Crippen LogP contribution in [0.1, 0.15) is 0 Å². The summed E-state index contributed by atoms with van der Waals surface area (Å²) < 4.78 is 0. The number of hydrogen-bond acceptors (Lipinski definition) is 2. The van der Waals surface area contributed by atoms with E-state index in [2.05, 4.69) is 6.58 Å². The SMILES string of the molecule is C=C[NH+](C)CC(=O)[O-]. The van der Waals surface area contributed by atoms with Gasteiger partial charge in [0, 0.05) is 0 Å². The van der Waals surface area contributed by atoms with Crippen LogP contribution in [0.15, 0.2) is 12.8 Å². The van der Waals surface area contributed by atoms with Gasteiger partial charge in [-0.25, -0.2) is 0 Å². The van der Waals surface area contributed by atoms with Crippen molar-refractivity contribution in [3.8, 4) is 0 Å². The zero-order chi connectivity index (χ0) is 6.57. The van der Waals surface area contributed by atoms with Crippen LogP contribution < -0.4 is 10.0 Å². The van der Waals surface area contributed by atoms with E-state index in [0.29, 0.717) is 0 Å². The molecule has 0 radical (unpaired) electrons. The third-order valence-corrected chi connectivity index (χ3v) is 0.772. The zero-order valence-corrected chi connectivity index (χ0v) is 4.81.